The number of carbonyl (C=O) groups excluding carboxylic acids is 1. The third-order valence-electron chi connectivity index (χ3n) is 4.42. The van der Waals surface area contributed by atoms with Gasteiger partial charge in [-0.1, -0.05) is 42.5 Å². The van der Waals surface area contributed by atoms with Gasteiger partial charge >= 0.3 is 0 Å². The summed E-state index contributed by atoms with van der Waals surface area (Å²) >= 11 is 0. The molecule has 5 heteroatoms. The lowest BCUT2D eigenvalue weighted by molar-refractivity contribution is -0.132. The van der Waals surface area contributed by atoms with E-state index in [1.54, 1.807) is 29.2 Å². The number of carbonyl (C=O) groups is 1. The lowest BCUT2D eigenvalue weighted by atomic mass is 9.90. The van der Waals surface area contributed by atoms with E-state index in [1.165, 1.54) is 0 Å². The SMILES string of the molecule is N#Cc1ccccc1OCC(=O)N1C[C@@H](C#N)[C@H](c2ccccc2)C1. The van der Waals surface area contributed by atoms with Gasteiger partial charge in [-0.25, -0.2) is 0 Å². The van der Waals surface area contributed by atoms with Gasteiger partial charge in [0, 0.05) is 19.0 Å². The topological polar surface area (TPSA) is 77.1 Å². The average Bonchev–Trinajstić information content (AvgIpc) is 3.11. The van der Waals surface area contributed by atoms with Gasteiger partial charge < -0.3 is 9.64 Å². The summed E-state index contributed by atoms with van der Waals surface area (Å²) in [5, 5.41) is 18.5. The Morgan fingerprint density at radius 1 is 1.08 bits per heavy atom. The standard InChI is InChI=1S/C20H17N3O2/c21-10-16-8-4-5-9-19(16)25-14-20(24)23-12-17(11-22)18(13-23)15-6-2-1-3-7-15/h1-9,17-18H,12-14H2/t17-,18+/m1/s1. The van der Waals surface area contributed by atoms with Crippen molar-refractivity contribution in [3.8, 4) is 17.9 Å². The summed E-state index contributed by atoms with van der Waals surface area (Å²) in [6, 6.07) is 21.0. The smallest absolute Gasteiger partial charge is 0.260 e. The molecule has 2 atom stereocenters. The second kappa shape index (κ2) is 7.51. The number of hydrogen-bond donors (Lipinski definition) is 0. The first-order chi connectivity index (χ1) is 12.2. The van der Waals surface area contributed by atoms with Crippen LogP contribution >= 0.6 is 0 Å². The van der Waals surface area contributed by atoms with Crippen LogP contribution in [-0.2, 0) is 4.79 Å². The van der Waals surface area contributed by atoms with Crippen LogP contribution in [0.15, 0.2) is 54.6 Å². The Bertz CT molecular complexity index is 836. The Balaban J connectivity index is 1.65. The number of likely N-dealkylation sites (tertiary alicyclic amines) is 1. The Hall–Kier alpha value is -3.31. The van der Waals surface area contributed by atoms with Crippen molar-refractivity contribution in [2.45, 2.75) is 5.92 Å². The van der Waals surface area contributed by atoms with Gasteiger partial charge in [0.15, 0.2) is 6.61 Å². The first-order valence-electron chi connectivity index (χ1n) is 8.07. The molecular formula is C20H17N3O2. The fourth-order valence-corrected chi connectivity index (χ4v) is 3.09. The number of rotatable bonds is 4. The van der Waals surface area contributed by atoms with Gasteiger partial charge in [0.1, 0.15) is 11.8 Å². The highest BCUT2D eigenvalue weighted by molar-refractivity contribution is 5.78. The second-order valence-corrected chi connectivity index (χ2v) is 5.95. The van der Waals surface area contributed by atoms with Crippen LogP contribution < -0.4 is 4.74 Å². The number of nitriles is 2. The van der Waals surface area contributed by atoms with E-state index < -0.39 is 0 Å². The Kier molecular flexibility index (Phi) is 4.97. The minimum absolute atomic E-state index is 0.0153. The minimum atomic E-state index is -0.224. The molecule has 1 aliphatic rings. The van der Waals surface area contributed by atoms with Crippen molar-refractivity contribution in [2.24, 2.45) is 5.92 Å². The molecule has 0 unspecified atom stereocenters. The molecule has 0 aliphatic carbocycles. The molecule has 2 aromatic carbocycles. The monoisotopic (exact) mass is 331 g/mol. The van der Waals surface area contributed by atoms with Crippen molar-refractivity contribution in [3.05, 3.63) is 65.7 Å². The molecule has 5 nitrogen and oxygen atoms in total. The van der Waals surface area contributed by atoms with E-state index in [-0.39, 0.29) is 24.3 Å². The van der Waals surface area contributed by atoms with Crippen molar-refractivity contribution in [3.63, 3.8) is 0 Å². The van der Waals surface area contributed by atoms with Gasteiger partial charge in [0.05, 0.1) is 17.6 Å². The Morgan fingerprint density at radius 3 is 2.52 bits per heavy atom. The lowest BCUT2D eigenvalue weighted by Gasteiger charge is -2.17. The number of ether oxygens (including phenoxy) is 1. The van der Waals surface area contributed by atoms with E-state index in [0.29, 0.717) is 24.4 Å². The maximum atomic E-state index is 12.5. The molecule has 2 aromatic rings. The van der Waals surface area contributed by atoms with E-state index in [4.69, 9.17) is 10.00 Å². The zero-order valence-corrected chi connectivity index (χ0v) is 13.6. The van der Waals surface area contributed by atoms with Crippen LogP contribution in [0.2, 0.25) is 0 Å². The van der Waals surface area contributed by atoms with Crippen LogP contribution in [0.3, 0.4) is 0 Å². The maximum Gasteiger partial charge on any atom is 0.260 e. The van der Waals surface area contributed by atoms with E-state index in [2.05, 4.69) is 6.07 Å². The molecule has 0 radical (unpaired) electrons. The molecule has 0 spiro atoms. The molecule has 124 valence electrons. The predicted molar refractivity (Wildman–Crippen MR) is 91.5 cm³/mol. The minimum Gasteiger partial charge on any atom is -0.482 e. The van der Waals surface area contributed by atoms with Crippen LogP contribution in [0.25, 0.3) is 0 Å². The van der Waals surface area contributed by atoms with Crippen molar-refractivity contribution < 1.29 is 9.53 Å². The first-order valence-corrected chi connectivity index (χ1v) is 8.07. The molecule has 0 bridgehead atoms. The fraction of sp³-hybridized carbons (Fsp3) is 0.250. The van der Waals surface area contributed by atoms with Crippen LogP contribution in [0.1, 0.15) is 17.0 Å². The summed E-state index contributed by atoms with van der Waals surface area (Å²) < 4.78 is 5.52. The van der Waals surface area contributed by atoms with Crippen LogP contribution in [0.5, 0.6) is 5.75 Å². The number of hydrogen-bond acceptors (Lipinski definition) is 4. The maximum absolute atomic E-state index is 12.5. The highest BCUT2D eigenvalue weighted by Crippen LogP contribution is 2.32. The number of nitrogens with zero attached hydrogens (tertiary/aromatic N) is 3. The van der Waals surface area contributed by atoms with E-state index in [9.17, 15) is 10.1 Å². The molecular weight excluding hydrogens is 314 g/mol. The van der Waals surface area contributed by atoms with Gasteiger partial charge in [-0.3, -0.25) is 4.79 Å². The Labute approximate surface area is 146 Å². The highest BCUT2D eigenvalue weighted by atomic mass is 16.5. The molecule has 1 saturated heterocycles. The summed E-state index contributed by atoms with van der Waals surface area (Å²) in [4.78, 5) is 14.1. The summed E-state index contributed by atoms with van der Waals surface area (Å²) in [6.07, 6.45) is 0. The molecule has 3 rings (SSSR count). The van der Waals surface area contributed by atoms with Crippen LogP contribution in [0, 0.1) is 28.6 Å². The summed E-state index contributed by atoms with van der Waals surface area (Å²) in [7, 11) is 0. The van der Waals surface area contributed by atoms with Gasteiger partial charge in [0.2, 0.25) is 0 Å². The molecule has 1 heterocycles. The molecule has 0 N–H and O–H groups in total. The zero-order chi connectivity index (χ0) is 17.6. The van der Waals surface area contributed by atoms with Gasteiger partial charge in [-0.15, -0.1) is 0 Å². The quantitative estimate of drug-likeness (QED) is 0.863. The molecule has 1 aliphatic heterocycles. The number of amides is 1. The normalized spacial score (nSPS) is 19.0. The fourth-order valence-electron chi connectivity index (χ4n) is 3.09. The second-order valence-electron chi connectivity index (χ2n) is 5.95. The first kappa shape index (κ1) is 16.5. The molecule has 1 fully saturated rings. The van der Waals surface area contributed by atoms with Crippen molar-refractivity contribution in [1.82, 2.24) is 4.90 Å². The van der Waals surface area contributed by atoms with E-state index in [1.807, 2.05) is 36.4 Å². The van der Waals surface area contributed by atoms with Gasteiger partial charge in [0.25, 0.3) is 5.91 Å². The molecule has 0 saturated carbocycles. The van der Waals surface area contributed by atoms with Gasteiger partial charge in [-0.05, 0) is 17.7 Å². The highest BCUT2D eigenvalue weighted by Gasteiger charge is 2.36. The van der Waals surface area contributed by atoms with Crippen molar-refractivity contribution in [1.29, 1.82) is 10.5 Å². The average molecular weight is 331 g/mol. The van der Waals surface area contributed by atoms with Crippen LogP contribution in [0.4, 0.5) is 0 Å². The zero-order valence-electron chi connectivity index (χ0n) is 13.6. The van der Waals surface area contributed by atoms with Crippen molar-refractivity contribution >= 4 is 5.91 Å². The van der Waals surface area contributed by atoms with Gasteiger partial charge in [-0.2, -0.15) is 10.5 Å². The predicted octanol–water partition coefficient (Wildman–Crippen LogP) is 2.70. The summed E-state index contributed by atoms with van der Waals surface area (Å²) in [6.45, 7) is 0.765. The third-order valence-corrected chi connectivity index (χ3v) is 4.42. The molecule has 1 amide bonds. The summed E-state index contributed by atoms with van der Waals surface area (Å²) in [5.41, 5.74) is 1.47. The number of para-hydroxylation sites is 1. The van der Waals surface area contributed by atoms with E-state index in [0.717, 1.165) is 5.56 Å². The largest absolute Gasteiger partial charge is 0.482 e. The van der Waals surface area contributed by atoms with E-state index >= 15 is 0 Å². The number of benzene rings is 2. The summed E-state index contributed by atoms with van der Waals surface area (Å²) in [5.74, 6) is 0.0136. The molecule has 0 aromatic heterocycles. The third kappa shape index (κ3) is 3.62. The molecule has 25 heavy (non-hydrogen) atoms. The van der Waals surface area contributed by atoms with Crippen molar-refractivity contribution in [2.75, 3.05) is 19.7 Å². The van der Waals surface area contributed by atoms with Crippen LogP contribution in [-0.4, -0.2) is 30.5 Å². The lowest BCUT2D eigenvalue weighted by Crippen LogP contribution is -2.33. The Morgan fingerprint density at radius 2 is 1.80 bits per heavy atom.